The number of likely N-dealkylation sites (N-methyl/N-ethyl adjacent to an activating group) is 1. The van der Waals surface area contributed by atoms with E-state index in [1.807, 2.05) is 39.0 Å². The summed E-state index contributed by atoms with van der Waals surface area (Å²) in [4.78, 5) is 31.3. The van der Waals surface area contributed by atoms with E-state index in [-0.39, 0.29) is 18.6 Å². The average molecular weight is 563 g/mol. The van der Waals surface area contributed by atoms with E-state index < -0.39 is 5.60 Å². The van der Waals surface area contributed by atoms with E-state index >= 15 is 0 Å². The van der Waals surface area contributed by atoms with Crippen molar-refractivity contribution < 1.29 is 14.3 Å². The van der Waals surface area contributed by atoms with E-state index in [0.717, 1.165) is 61.3 Å². The first-order valence-electron chi connectivity index (χ1n) is 14.7. The van der Waals surface area contributed by atoms with E-state index in [1.54, 1.807) is 4.90 Å². The van der Waals surface area contributed by atoms with Crippen molar-refractivity contribution in [3.05, 3.63) is 53.8 Å². The number of allylic oxidation sites excluding steroid dienone is 2. The van der Waals surface area contributed by atoms with Crippen LogP contribution in [0.1, 0.15) is 52.3 Å². The van der Waals surface area contributed by atoms with Crippen molar-refractivity contribution in [2.75, 3.05) is 57.3 Å². The minimum atomic E-state index is -0.604. The quantitative estimate of drug-likeness (QED) is 0.412. The second-order valence-electron chi connectivity index (χ2n) is 11.6. The van der Waals surface area contributed by atoms with Crippen molar-refractivity contribution in [3.8, 4) is 12.1 Å². The predicted octanol–water partition coefficient (Wildman–Crippen LogP) is 4.11. The SMILES string of the molecule is C=C1C=CC=C[C-]1N1CCc2c(nc(OCCN(CC)CC)nc2N2CCN(C(=O)OC(C)(C)C)C(CC#N)C2)C1. The molecule has 3 heterocycles. The fourth-order valence-corrected chi connectivity index (χ4v) is 5.43. The van der Waals surface area contributed by atoms with Crippen molar-refractivity contribution in [1.82, 2.24) is 24.7 Å². The number of nitrogens with zero attached hydrogens (tertiary/aromatic N) is 7. The summed E-state index contributed by atoms with van der Waals surface area (Å²) in [7, 11) is 0. The van der Waals surface area contributed by atoms with E-state index in [2.05, 4.69) is 47.3 Å². The highest BCUT2D eigenvalue weighted by Crippen LogP contribution is 2.34. The van der Waals surface area contributed by atoms with Crippen LogP contribution in [0.25, 0.3) is 0 Å². The third kappa shape index (κ3) is 7.60. The lowest BCUT2D eigenvalue weighted by molar-refractivity contribution is 0.0144. The van der Waals surface area contributed by atoms with Gasteiger partial charge < -0.3 is 29.1 Å². The maximum Gasteiger partial charge on any atom is 0.410 e. The molecule has 0 bridgehead atoms. The number of hydrogen-bond donors (Lipinski definition) is 0. The van der Waals surface area contributed by atoms with Crippen LogP contribution in [0.2, 0.25) is 0 Å². The molecule has 1 atom stereocenters. The lowest BCUT2D eigenvalue weighted by Crippen LogP contribution is -2.56. The van der Waals surface area contributed by atoms with Gasteiger partial charge in [0.1, 0.15) is 18.0 Å². The molecule has 1 fully saturated rings. The zero-order valence-corrected chi connectivity index (χ0v) is 25.2. The molecule has 1 aromatic rings. The molecule has 3 aliphatic rings. The van der Waals surface area contributed by atoms with Gasteiger partial charge in [-0.05, 0) is 46.8 Å². The number of nitriles is 1. The number of piperazine rings is 1. The number of anilines is 1. The number of carbonyl (C=O) groups excluding carboxylic acids is 1. The van der Waals surface area contributed by atoms with Crippen LogP contribution >= 0.6 is 0 Å². The van der Waals surface area contributed by atoms with Gasteiger partial charge in [0.15, 0.2) is 0 Å². The third-order valence-electron chi connectivity index (χ3n) is 7.63. The van der Waals surface area contributed by atoms with Gasteiger partial charge in [0.05, 0.1) is 24.2 Å². The molecule has 1 aliphatic carbocycles. The number of fused-ring (bicyclic) bond motifs is 1. The summed E-state index contributed by atoms with van der Waals surface area (Å²) >= 11 is 0. The monoisotopic (exact) mass is 562 g/mol. The van der Waals surface area contributed by atoms with Crippen molar-refractivity contribution in [1.29, 1.82) is 5.26 Å². The summed E-state index contributed by atoms with van der Waals surface area (Å²) in [6.07, 6.45) is 8.76. The van der Waals surface area contributed by atoms with Gasteiger partial charge >= 0.3 is 12.1 Å². The first-order valence-corrected chi connectivity index (χ1v) is 14.7. The molecular formula is C31H44N7O3-. The van der Waals surface area contributed by atoms with Crippen LogP contribution in [-0.2, 0) is 17.7 Å². The van der Waals surface area contributed by atoms with Crippen LogP contribution in [0.5, 0.6) is 6.01 Å². The van der Waals surface area contributed by atoms with Gasteiger partial charge in [0.2, 0.25) is 0 Å². The molecule has 10 heteroatoms. The summed E-state index contributed by atoms with van der Waals surface area (Å²) in [5.74, 6) is 0.835. The number of ether oxygens (including phenoxy) is 2. The Morgan fingerprint density at radius 1 is 1.22 bits per heavy atom. The first kappa shape index (κ1) is 30.4. The van der Waals surface area contributed by atoms with E-state index in [0.29, 0.717) is 38.8 Å². The molecule has 0 radical (unpaired) electrons. The van der Waals surface area contributed by atoms with Gasteiger partial charge in [-0.2, -0.15) is 21.8 Å². The molecule has 0 N–H and O–H groups in total. The third-order valence-corrected chi connectivity index (χ3v) is 7.63. The zero-order chi connectivity index (χ0) is 29.6. The minimum Gasteiger partial charge on any atom is -0.462 e. The molecule has 1 aromatic heterocycles. The molecule has 1 unspecified atom stereocenters. The van der Waals surface area contributed by atoms with Gasteiger partial charge in [0, 0.05) is 38.3 Å². The van der Waals surface area contributed by atoms with Gasteiger partial charge in [-0.1, -0.05) is 19.9 Å². The Labute approximate surface area is 244 Å². The second-order valence-corrected chi connectivity index (χ2v) is 11.6. The fourth-order valence-electron chi connectivity index (χ4n) is 5.43. The molecule has 4 rings (SSSR count). The summed E-state index contributed by atoms with van der Waals surface area (Å²) in [6, 6.07) is 3.42. The number of aromatic nitrogens is 2. The standard InChI is InChI=1S/C31H44N7O3/c1-7-35(8-2)19-20-40-29-33-26-22-36(27-12-10-9-11-23(27)3)16-14-25(26)28(34-29)37-17-18-38(24(21-37)13-15-32)30(39)41-31(4,5)6/h9-12,24H,3,7-8,13-14,16-22H2,1-2,4-6H3/q-1. The van der Waals surface area contributed by atoms with Gasteiger partial charge in [-0.3, -0.25) is 0 Å². The van der Waals surface area contributed by atoms with Crippen LogP contribution in [0.4, 0.5) is 10.6 Å². The summed E-state index contributed by atoms with van der Waals surface area (Å²) < 4.78 is 11.8. The number of amides is 1. The fraction of sp³-hybridized carbons (Fsp3) is 0.581. The highest BCUT2D eigenvalue weighted by Gasteiger charge is 2.36. The predicted molar refractivity (Wildman–Crippen MR) is 159 cm³/mol. The Hall–Kier alpha value is -3.55. The van der Waals surface area contributed by atoms with E-state index in [9.17, 15) is 10.1 Å². The number of rotatable bonds is 9. The highest BCUT2D eigenvalue weighted by atomic mass is 16.6. The maximum absolute atomic E-state index is 13.0. The second kappa shape index (κ2) is 13.4. The summed E-state index contributed by atoms with van der Waals surface area (Å²) in [6.45, 7) is 20.2. The van der Waals surface area contributed by atoms with Crippen molar-refractivity contribution in [2.45, 2.75) is 65.6 Å². The largest absolute Gasteiger partial charge is 0.462 e. The van der Waals surface area contributed by atoms with Crippen molar-refractivity contribution >= 4 is 11.9 Å². The molecule has 10 nitrogen and oxygen atoms in total. The Bertz CT molecular complexity index is 1200. The molecular weight excluding hydrogens is 518 g/mol. The molecule has 0 saturated carbocycles. The molecule has 41 heavy (non-hydrogen) atoms. The first-order chi connectivity index (χ1) is 19.6. The lowest BCUT2D eigenvalue weighted by atomic mass is 9.97. The van der Waals surface area contributed by atoms with Crippen LogP contribution in [0.3, 0.4) is 0 Å². The highest BCUT2D eigenvalue weighted by molar-refractivity contribution is 5.69. The summed E-state index contributed by atoms with van der Waals surface area (Å²) in [5, 5.41) is 9.58. The Morgan fingerprint density at radius 2 is 2.00 bits per heavy atom. The molecule has 0 spiro atoms. The summed E-state index contributed by atoms with van der Waals surface area (Å²) in [5.41, 5.74) is 2.42. The average Bonchev–Trinajstić information content (AvgIpc) is 2.94. The number of hydrogen-bond acceptors (Lipinski definition) is 9. The molecule has 222 valence electrons. The van der Waals surface area contributed by atoms with Crippen LogP contribution < -0.4 is 9.64 Å². The van der Waals surface area contributed by atoms with Crippen molar-refractivity contribution in [3.63, 3.8) is 0 Å². The van der Waals surface area contributed by atoms with Crippen molar-refractivity contribution in [2.24, 2.45) is 0 Å². The molecule has 2 aliphatic heterocycles. The zero-order valence-electron chi connectivity index (χ0n) is 25.2. The topological polar surface area (TPSA) is 98.1 Å². The lowest BCUT2D eigenvalue weighted by Gasteiger charge is -2.43. The molecule has 1 saturated heterocycles. The van der Waals surface area contributed by atoms with Gasteiger partial charge in [0.25, 0.3) is 0 Å². The minimum absolute atomic E-state index is 0.213. The molecule has 0 aromatic carbocycles. The smallest absolute Gasteiger partial charge is 0.410 e. The van der Waals surface area contributed by atoms with E-state index in [4.69, 9.17) is 19.4 Å². The number of carbonyl (C=O) groups is 1. The molecule has 1 amide bonds. The van der Waals surface area contributed by atoms with E-state index in [1.165, 1.54) is 0 Å². The van der Waals surface area contributed by atoms with Gasteiger partial charge in [-0.25, -0.2) is 4.79 Å². The Morgan fingerprint density at radius 3 is 2.68 bits per heavy atom. The van der Waals surface area contributed by atoms with Crippen LogP contribution in [-0.4, -0.2) is 94.8 Å². The van der Waals surface area contributed by atoms with Crippen LogP contribution in [0, 0.1) is 17.4 Å². The van der Waals surface area contributed by atoms with Gasteiger partial charge in [-0.15, -0.1) is 29.9 Å². The Balaban J connectivity index is 1.60. The normalized spacial score (nSPS) is 19.4. The van der Waals surface area contributed by atoms with Crippen LogP contribution in [0.15, 0.2) is 36.5 Å². The maximum atomic E-state index is 13.0. The Kier molecular flexibility index (Phi) is 9.94.